The monoisotopic (exact) mass is 278 g/mol. The molecule has 1 aromatic rings. The summed E-state index contributed by atoms with van der Waals surface area (Å²) in [6, 6.07) is 1.87. The third kappa shape index (κ3) is 2.43. The van der Waals surface area contributed by atoms with Gasteiger partial charge in [-0.2, -0.15) is 5.10 Å². The summed E-state index contributed by atoms with van der Waals surface area (Å²) >= 11 is 0. The van der Waals surface area contributed by atoms with Crippen LogP contribution in [0.3, 0.4) is 0 Å². The van der Waals surface area contributed by atoms with E-state index in [1.165, 1.54) is 4.90 Å². The van der Waals surface area contributed by atoms with Crippen molar-refractivity contribution in [2.45, 2.75) is 39.8 Å². The van der Waals surface area contributed by atoms with Crippen LogP contribution in [0.15, 0.2) is 6.07 Å². The molecule has 1 N–H and O–H groups in total. The Morgan fingerprint density at radius 3 is 2.60 bits per heavy atom. The molecule has 0 saturated carbocycles. The summed E-state index contributed by atoms with van der Waals surface area (Å²) in [6.07, 6.45) is 0. The van der Waals surface area contributed by atoms with Gasteiger partial charge in [0.15, 0.2) is 0 Å². The number of hydrogen-bond acceptors (Lipinski definition) is 4. The van der Waals surface area contributed by atoms with Crippen molar-refractivity contribution in [2.75, 3.05) is 6.54 Å². The predicted molar refractivity (Wildman–Crippen MR) is 70.6 cm³/mol. The van der Waals surface area contributed by atoms with E-state index in [0.717, 1.165) is 11.4 Å². The van der Waals surface area contributed by atoms with E-state index in [9.17, 15) is 14.4 Å². The Kier molecular flexibility index (Phi) is 3.37. The van der Waals surface area contributed by atoms with Crippen molar-refractivity contribution < 1.29 is 14.4 Å². The molecule has 0 unspecified atom stereocenters. The van der Waals surface area contributed by atoms with Crippen LogP contribution in [-0.4, -0.2) is 44.5 Å². The zero-order valence-corrected chi connectivity index (χ0v) is 12.1. The number of amides is 3. The Morgan fingerprint density at radius 2 is 2.05 bits per heavy atom. The summed E-state index contributed by atoms with van der Waals surface area (Å²) in [5.41, 5.74) is 0.643. The lowest BCUT2D eigenvalue weighted by atomic mass is 9.98. The van der Waals surface area contributed by atoms with Crippen molar-refractivity contribution in [3.8, 4) is 0 Å². The Hall–Kier alpha value is -2.18. The zero-order chi connectivity index (χ0) is 15.1. The normalized spacial score (nSPS) is 18.1. The Morgan fingerprint density at radius 1 is 1.40 bits per heavy atom. The van der Waals surface area contributed by atoms with Gasteiger partial charge < -0.3 is 4.90 Å². The van der Waals surface area contributed by atoms with Gasteiger partial charge in [0.25, 0.3) is 5.91 Å². The molecule has 1 aliphatic rings. The van der Waals surface area contributed by atoms with Crippen LogP contribution in [0.4, 0.5) is 0 Å². The smallest absolute Gasteiger partial charge is 0.252 e. The molecule has 108 valence electrons. The lowest BCUT2D eigenvalue weighted by Crippen LogP contribution is -2.65. The second-order valence-corrected chi connectivity index (χ2v) is 5.50. The maximum atomic E-state index is 12.4. The predicted octanol–water partition coefficient (Wildman–Crippen LogP) is -0.236. The molecule has 1 saturated heterocycles. The summed E-state index contributed by atoms with van der Waals surface area (Å²) in [4.78, 5) is 36.9. The summed E-state index contributed by atoms with van der Waals surface area (Å²) in [5, 5.41) is 6.45. The molecule has 0 aromatic carbocycles. The number of hydrogen-bond donors (Lipinski definition) is 1. The van der Waals surface area contributed by atoms with E-state index < -0.39 is 17.4 Å². The molecular formula is C13H18N4O3. The Balaban J connectivity index is 2.21. The van der Waals surface area contributed by atoms with Crippen LogP contribution in [0.5, 0.6) is 0 Å². The van der Waals surface area contributed by atoms with Crippen molar-refractivity contribution in [3.63, 3.8) is 0 Å². The molecule has 0 radical (unpaired) electrons. The number of imide groups is 1. The van der Waals surface area contributed by atoms with Gasteiger partial charge >= 0.3 is 0 Å². The molecule has 7 nitrogen and oxygen atoms in total. The fourth-order valence-corrected chi connectivity index (χ4v) is 2.23. The average molecular weight is 278 g/mol. The number of nitrogens with zero attached hydrogens (tertiary/aromatic N) is 3. The minimum Gasteiger partial charge on any atom is -0.318 e. The molecule has 0 atom stereocenters. The summed E-state index contributed by atoms with van der Waals surface area (Å²) in [5.74, 6) is -1.23. The van der Waals surface area contributed by atoms with E-state index in [1.807, 2.05) is 19.9 Å². The number of rotatable bonds is 2. The van der Waals surface area contributed by atoms with E-state index in [4.69, 9.17) is 0 Å². The highest BCUT2D eigenvalue weighted by atomic mass is 16.2. The van der Waals surface area contributed by atoms with Crippen molar-refractivity contribution in [2.24, 2.45) is 0 Å². The van der Waals surface area contributed by atoms with Crippen molar-refractivity contribution in [1.29, 1.82) is 0 Å². The van der Waals surface area contributed by atoms with Crippen molar-refractivity contribution in [3.05, 3.63) is 17.5 Å². The van der Waals surface area contributed by atoms with Gasteiger partial charge in [-0.05, 0) is 33.8 Å². The molecule has 0 spiro atoms. The van der Waals surface area contributed by atoms with Gasteiger partial charge in [0.2, 0.25) is 11.8 Å². The molecule has 0 bridgehead atoms. The summed E-state index contributed by atoms with van der Waals surface area (Å²) in [6.45, 7) is 6.84. The Bertz CT molecular complexity index is 588. The van der Waals surface area contributed by atoms with Gasteiger partial charge in [0.05, 0.1) is 5.69 Å². The lowest BCUT2D eigenvalue weighted by molar-refractivity contribution is -0.156. The van der Waals surface area contributed by atoms with Gasteiger partial charge in [-0.3, -0.25) is 24.4 Å². The van der Waals surface area contributed by atoms with E-state index in [0.29, 0.717) is 0 Å². The van der Waals surface area contributed by atoms with E-state index >= 15 is 0 Å². The quantitative estimate of drug-likeness (QED) is 0.757. The first-order valence-corrected chi connectivity index (χ1v) is 6.37. The van der Waals surface area contributed by atoms with E-state index in [1.54, 1.807) is 18.5 Å². The van der Waals surface area contributed by atoms with Gasteiger partial charge in [0.1, 0.15) is 18.6 Å². The van der Waals surface area contributed by atoms with E-state index in [-0.39, 0.29) is 19.0 Å². The van der Waals surface area contributed by atoms with Gasteiger partial charge in [0, 0.05) is 5.69 Å². The van der Waals surface area contributed by atoms with Crippen LogP contribution in [0, 0.1) is 13.8 Å². The molecule has 2 rings (SSSR count). The largest absolute Gasteiger partial charge is 0.318 e. The first-order chi connectivity index (χ1) is 9.21. The minimum absolute atomic E-state index is 0.0175. The van der Waals surface area contributed by atoms with Crippen molar-refractivity contribution >= 4 is 17.7 Å². The third-order valence-corrected chi connectivity index (χ3v) is 3.47. The van der Waals surface area contributed by atoms with Gasteiger partial charge in [-0.1, -0.05) is 0 Å². The molecule has 2 heterocycles. The molecule has 1 aromatic heterocycles. The fourth-order valence-electron chi connectivity index (χ4n) is 2.23. The second-order valence-electron chi connectivity index (χ2n) is 5.50. The maximum absolute atomic E-state index is 12.4. The first-order valence-electron chi connectivity index (χ1n) is 6.37. The number of carbonyl (C=O) groups is 3. The number of carbonyl (C=O) groups excluding carboxylic acids is 3. The van der Waals surface area contributed by atoms with Crippen LogP contribution >= 0.6 is 0 Å². The van der Waals surface area contributed by atoms with Gasteiger partial charge in [-0.25, -0.2) is 0 Å². The van der Waals surface area contributed by atoms with Crippen LogP contribution in [0.1, 0.15) is 25.2 Å². The summed E-state index contributed by atoms with van der Waals surface area (Å²) < 4.78 is 1.57. The Labute approximate surface area is 116 Å². The van der Waals surface area contributed by atoms with E-state index in [2.05, 4.69) is 10.4 Å². The molecular weight excluding hydrogens is 260 g/mol. The number of nitrogens with one attached hydrogen (secondary N) is 1. The second kappa shape index (κ2) is 4.73. The summed E-state index contributed by atoms with van der Waals surface area (Å²) in [7, 11) is 0. The number of aryl methyl sites for hydroxylation is 2. The molecule has 0 aliphatic carbocycles. The molecule has 7 heteroatoms. The average Bonchev–Trinajstić information content (AvgIpc) is 2.62. The molecule has 20 heavy (non-hydrogen) atoms. The highest BCUT2D eigenvalue weighted by Crippen LogP contribution is 2.19. The van der Waals surface area contributed by atoms with Crippen LogP contribution in [-0.2, 0) is 20.9 Å². The van der Waals surface area contributed by atoms with Crippen LogP contribution in [0.2, 0.25) is 0 Å². The fraction of sp³-hybridized carbons (Fsp3) is 0.538. The number of piperazine rings is 1. The number of aromatic nitrogens is 2. The SMILES string of the molecule is Cc1cc(C)n(CC(=O)N2CC(=O)NC(=O)C2(C)C)n1. The highest BCUT2D eigenvalue weighted by molar-refractivity contribution is 6.06. The van der Waals surface area contributed by atoms with Gasteiger partial charge in [-0.15, -0.1) is 0 Å². The standard InChI is InChI=1S/C13H18N4O3/c1-8-5-9(2)17(15-8)7-11(19)16-6-10(18)14-12(20)13(16,3)4/h5H,6-7H2,1-4H3,(H,14,18,20). The van der Waals surface area contributed by atoms with Crippen LogP contribution in [0.25, 0.3) is 0 Å². The van der Waals surface area contributed by atoms with Crippen LogP contribution < -0.4 is 5.32 Å². The molecule has 3 amide bonds. The lowest BCUT2D eigenvalue weighted by Gasteiger charge is -2.40. The first kappa shape index (κ1) is 14.2. The zero-order valence-electron chi connectivity index (χ0n) is 12.1. The maximum Gasteiger partial charge on any atom is 0.252 e. The molecule has 1 aliphatic heterocycles. The minimum atomic E-state index is -1.04. The highest BCUT2D eigenvalue weighted by Gasteiger charge is 2.43. The topological polar surface area (TPSA) is 84.3 Å². The molecule has 1 fully saturated rings. The third-order valence-electron chi connectivity index (χ3n) is 3.47. The van der Waals surface area contributed by atoms with Crippen molar-refractivity contribution in [1.82, 2.24) is 20.0 Å².